The summed E-state index contributed by atoms with van der Waals surface area (Å²) in [6.45, 7) is 0.457. The number of hydrogen-bond donors (Lipinski definition) is 1. The zero-order valence-electron chi connectivity index (χ0n) is 7.81. The lowest BCUT2D eigenvalue weighted by molar-refractivity contribution is 0.0536. The van der Waals surface area contributed by atoms with Gasteiger partial charge >= 0.3 is 0 Å². The first-order valence-corrected chi connectivity index (χ1v) is 5.78. The molecule has 1 aromatic rings. The maximum atomic E-state index is 6.16. The number of halogens is 3. The van der Waals surface area contributed by atoms with Crippen LogP contribution in [0.4, 0.5) is 0 Å². The maximum absolute atomic E-state index is 6.16. The zero-order valence-corrected chi connectivity index (χ0v) is 10.9. The summed E-state index contributed by atoms with van der Waals surface area (Å²) in [6, 6.07) is 1.63. The van der Waals surface area contributed by atoms with Crippen molar-refractivity contribution in [2.45, 2.75) is 6.04 Å². The molecular formula is C9H8BrCl2NO2. The van der Waals surface area contributed by atoms with Gasteiger partial charge in [0.05, 0.1) is 23.2 Å². The van der Waals surface area contributed by atoms with Gasteiger partial charge in [-0.05, 0) is 22.0 Å². The van der Waals surface area contributed by atoms with E-state index in [0.717, 1.165) is 10.0 Å². The van der Waals surface area contributed by atoms with Crippen LogP contribution in [0.3, 0.4) is 0 Å². The highest BCUT2D eigenvalue weighted by atomic mass is 79.9. The monoisotopic (exact) mass is 311 g/mol. The molecule has 1 unspecified atom stereocenters. The van der Waals surface area contributed by atoms with E-state index >= 15 is 0 Å². The molecule has 1 N–H and O–H groups in total. The van der Waals surface area contributed by atoms with Crippen molar-refractivity contribution in [1.82, 2.24) is 5.48 Å². The van der Waals surface area contributed by atoms with Crippen LogP contribution in [-0.4, -0.2) is 13.7 Å². The summed E-state index contributed by atoms with van der Waals surface area (Å²) in [5.41, 5.74) is 3.64. The van der Waals surface area contributed by atoms with E-state index in [9.17, 15) is 0 Å². The molecule has 0 aliphatic carbocycles. The average molecular weight is 313 g/mol. The summed E-state index contributed by atoms with van der Waals surface area (Å²) in [6.07, 6.45) is 0. The van der Waals surface area contributed by atoms with Crippen molar-refractivity contribution in [3.8, 4) is 5.75 Å². The lowest BCUT2D eigenvalue weighted by atomic mass is 10.1. The Morgan fingerprint density at radius 2 is 2.33 bits per heavy atom. The fourth-order valence-corrected chi connectivity index (χ4v) is 2.65. The second-order valence-corrected chi connectivity index (χ2v) is 4.72. The Labute approximate surface area is 106 Å². The highest BCUT2D eigenvalue weighted by Gasteiger charge is 2.30. The number of hydroxylamine groups is 1. The fraction of sp³-hybridized carbons (Fsp3) is 0.333. The Balaban J connectivity index is 2.50. The third-order valence-electron chi connectivity index (χ3n) is 2.16. The number of ether oxygens (including phenoxy) is 1. The van der Waals surface area contributed by atoms with Crippen molar-refractivity contribution in [2.75, 3.05) is 13.7 Å². The van der Waals surface area contributed by atoms with E-state index in [-0.39, 0.29) is 6.04 Å². The quantitative estimate of drug-likeness (QED) is 0.671. The van der Waals surface area contributed by atoms with Crippen LogP contribution >= 0.6 is 39.1 Å². The lowest BCUT2D eigenvalue weighted by Crippen LogP contribution is -2.21. The first-order valence-electron chi connectivity index (χ1n) is 4.24. The first kappa shape index (κ1) is 11.5. The van der Waals surface area contributed by atoms with Crippen molar-refractivity contribution in [2.24, 2.45) is 0 Å². The Bertz CT molecular complexity index is 400. The number of nitrogens with one attached hydrogen (secondary N) is 1. The van der Waals surface area contributed by atoms with E-state index in [1.165, 1.54) is 0 Å². The maximum Gasteiger partial charge on any atom is 0.144 e. The molecule has 1 aliphatic heterocycles. The molecule has 2 rings (SSSR count). The van der Waals surface area contributed by atoms with Crippen LogP contribution in [0.25, 0.3) is 0 Å². The lowest BCUT2D eigenvalue weighted by Gasteiger charge is -2.11. The van der Waals surface area contributed by atoms with Gasteiger partial charge in [0.15, 0.2) is 0 Å². The smallest absolute Gasteiger partial charge is 0.144 e. The predicted octanol–water partition coefficient (Wildman–Crippen LogP) is 3.34. The van der Waals surface area contributed by atoms with Crippen molar-refractivity contribution >= 4 is 39.1 Å². The molecule has 1 heterocycles. The normalized spacial score (nSPS) is 18.8. The van der Waals surface area contributed by atoms with Gasteiger partial charge < -0.3 is 9.57 Å². The summed E-state index contributed by atoms with van der Waals surface area (Å²) in [4.78, 5) is 4.87. The minimum atomic E-state index is -0.0903. The Morgan fingerprint density at radius 1 is 1.60 bits per heavy atom. The molecule has 3 nitrogen and oxygen atoms in total. The minimum Gasteiger partial charge on any atom is -0.490 e. The van der Waals surface area contributed by atoms with Crippen LogP contribution in [0.15, 0.2) is 10.5 Å². The Kier molecular flexibility index (Phi) is 3.42. The van der Waals surface area contributed by atoms with Gasteiger partial charge in [-0.3, -0.25) is 0 Å². The van der Waals surface area contributed by atoms with Gasteiger partial charge in [-0.2, -0.15) is 5.48 Å². The van der Waals surface area contributed by atoms with Crippen LogP contribution in [0.2, 0.25) is 10.0 Å². The molecular weight excluding hydrogens is 305 g/mol. The van der Waals surface area contributed by atoms with Crippen LogP contribution < -0.4 is 10.2 Å². The highest BCUT2D eigenvalue weighted by molar-refractivity contribution is 9.10. The van der Waals surface area contributed by atoms with Crippen LogP contribution in [0.5, 0.6) is 5.75 Å². The standard InChI is InChI=1S/C9H8BrCl2NO2/c1-14-13-6-3-15-9-5(11)2-4(10)8(12)7(6)9/h2,6,13H,3H2,1H3. The minimum absolute atomic E-state index is 0.0903. The van der Waals surface area contributed by atoms with Crippen molar-refractivity contribution in [3.63, 3.8) is 0 Å². The topological polar surface area (TPSA) is 30.5 Å². The molecule has 6 heteroatoms. The molecule has 0 bridgehead atoms. The predicted molar refractivity (Wildman–Crippen MR) is 62.5 cm³/mol. The molecule has 0 spiro atoms. The van der Waals surface area contributed by atoms with Gasteiger partial charge in [0, 0.05) is 10.0 Å². The fourth-order valence-electron chi connectivity index (χ4n) is 1.54. The van der Waals surface area contributed by atoms with Crippen molar-refractivity contribution in [1.29, 1.82) is 0 Å². The summed E-state index contributed by atoms with van der Waals surface area (Å²) in [5.74, 6) is 0.624. The number of benzene rings is 1. The molecule has 0 radical (unpaired) electrons. The van der Waals surface area contributed by atoms with Gasteiger partial charge in [-0.15, -0.1) is 0 Å². The van der Waals surface area contributed by atoms with E-state index in [4.69, 9.17) is 32.8 Å². The Hall–Kier alpha value is -0.0000000000000000555. The highest BCUT2D eigenvalue weighted by Crippen LogP contribution is 2.46. The second kappa shape index (κ2) is 4.47. The van der Waals surface area contributed by atoms with E-state index < -0.39 is 0 Å². The molecule has 1 aromatic carbocycles. The van der Waals surface area contributed by atoms with Gasteiger partial charge in [0.1, 0.15) is 12.4 Å². The molecule has 0 fully saturated rings. The summed E-state index contributed by atoms with van der Waals surface area (Å²) < 4.78 is 6.20. The molecule has 0 amide bonds. The molecule has 1 aliphatic rings. The first-order chi connectivity index (χ1) is 7.15. The van der Waals surface area contributed by atoms with Gasteiger partial charge in [-0.25, -0.2) is 0 Å². The van der Waals surface area contributed by atoms with Crippen LogP contribution in [0, 0.1) is 0 Å². The third-order valence-corrected chi connectivity index (χ3v) is 3.71. The van der Waals surface area contributed by atoms with Crippen LogP contribution in [0.1, 0.15) is 11.6 Å². The summed E-state index contributed by atoms with van der Waals surface area (Å²) in [7, 11) is 1.55. The summed E-state index contributed by atoms with van der Waals surface area (Å²) in [5, 5.41) is 1.14. The second-order valence-electron chi connectivity index (χ2n) is 3.08. The number of fused-ring (bicyclic) bond motifs is 1. The SMILES string of the molecule is CONC1COc2c(Cl)cc(Br)c(Cl)c21. The van der Waals surface area contributed by atoms with E-state index in [0.29, 0.717) is 22.4 Å². The zero-order chi connectivity index (χ0) is 11.0. The van der Waals surface area contributed by atoms with Crippen molar-refractivity contribution < 1.29 is 9.57 Å². The molecule has 0 saturated heterocycles. The third kappa shape index (κ3) is 1.97. The molecule has 15 heavy (non-hydrogen) atoms. The van der Waals surface area contributed by atoms with E-state index in [1.54, 1.807) is 13.2 Å². The summed E-state index contributed by atoms with van der Waals surface area (Å²) >= 11 is 15.5. The average Bonchev–Trinajstić information content (AvgIpc) is 2.60. The number of hydrogen-bond acceptors (Lipinski definition) is 3. The molecule has 0 aromatic heterocycles. The largest absolute Gasteiger partial charge is 0.490 e. The van der Waals surface area contributed by atoms with Crippen LogP contribution in [-0.2, 0) is 4.84 Å². The van der Waals surface area contributed by atoms with Gasteiger partial charge in [0.25, 0.3) is 0 Å². The number of rotatable bonds is 2. The molecule has 1 atom stereocenters. The Morgan fingerprint density at radius 3 is 3.00 bits per heavy atom. The molecule has 0 saturated carbocycles. The van der Waals surface area contributed by atoms with E-state index in [2.05, 4.69) is 21.4 Å². The van der Waals surface area contributed by atoms with Gasteiger partial charge in [-0.1, -0.05) is 23.2 Å². The van der Waals surface area contributed by atoms with Crippen molar-refractivity contribution in [3.05, 3.63) is 26.1 Å². The van der Waals surface area contributed by atoms with Gasteiger partial charge in [0.2, 0.25) is 0 Å². The van der Waals surface area contributed by atoms with E-state index in [1.807, 2.05) is 0 Å². The molecule has 82 valence electrons.